The van der Waals surface area contributed by atoms with Crippen LogP contribution < -0.4 is 4.74 Å². The van der Waals surface area contributed by atoms with Gasteiger partial charge in [-0.05, 0) is 34.3 Å². The Balaban J connectivity index is 2.54. The Morgan fingerprint density at radius 1 is 1.29 bits per heavy atom. The molecule has 0 atom stereocenters. The molecule has 5 heteroatoms. The maximum Gasteiger partial charge on any atom is 0.137 e. The quantitative estimate of drug-likeness (QED) is 0.640. The van der Waals surface area contributed by atoms with Gasteiger partial charge in [-0.1, -0.05) is 6.07 Å². The normalized spacial score (nSPS) is 10.3. The predicted octanol–water partition coefficient (Wildman–Crippen LogP) is 3.64. The minimum Gasteiger partial charge on any atom is -0.495 e. The molecular weight excluding hydrogens is 300 g/mol. The summed E-state index contributed by atoms with van der Waals surface area (Å²) in [5.41, 5.74) is 1.63. The zero-order valence-corrected chi connectivity index (χ0v) is 11.9. The van der Waals surface area contributed by atoms with E-state index in [2.05, 4.69) is 25.9 Å². The second-order valence-corrected chi connectivity index (χ2v) is 4.82. The van der Waals surface area contributed by atoms with Crippen molar-refractivity contribution in [2.75, 3.05) is 13.4 Å². The first-order chi connectivity index (χ1) is 8.26. The first-order valence-electron chi connectivity index (χ1n) is 4.96. The Bertz CT molecular complexity index is 519. The number of hydrogen-bond donors (Lipinski definition) is 0. The van der Waals surface area contributed by atoms with Crippen LogP contribution in [0.5, 0.6) is 5.75 Å². The van der Waals surface area contributed by atoms with Crippen LogP contribution in [0.25, 0.3) is 11.4 Å². The number of thioether (sulfide) groups is 1. The molecule has 0 saturated heterocycles. The predicted molar refractivity (Wildman–Crippen MR) is 73.5 cm³/mol. The first kappa shape index (κ1) is 12.4. The SMILES string of the molecule is COc1cc(-c2ccccn2)nc(Br)c1SC. The molecule has 0 aromatic carbocycles. The highest BCUT2D eigenvalue weighted by Gasteiger charge is 2.12. The van der Waals surface area contributed by atoms with Crippen molar-refractivity contribution in [3.8, 4) is 17.1 Å². The Morgan fingerprint density at radius 3 is 2.71 bits per heavy atom. The van der Waals surface area contributed by atoms with E-state index in [0.29, 0.717) is 0 Å². The third-order valence-electron chi connectivity index (χ3n) is 2.25. The lowest BCUT2D eigenvalue weighted by Gasteiger charge is -2.10. The molecule has 88 valence electrons. The molecule has 0 amide bonds. The van der Waals surface area contributed by atoms with Gasteiger partial charge < -0.3 is 4.74 Å². The minimum absolute atomic E-state index is 0.782. The first-order valence-corrected chi connectivity index (χ1v) is 6.98. The van der Waals surface area contributed by atoms with Gasteiger partial charge in [-0.2, -0.15) is 0 Å². The summed E-state index contributed by atoms with van der Waals surface area (Å²) >= 11 is 5.05. The highest BCUT2D eigenvalue weighted by molar-refractivity contribution is 9.10. The lowest BCUT2D eigenvalue weighted by molar-refractivity contribution is 0.403. The fraction of sp³-hybridized carbons (Fsp3) is 0.167. The van der Waals surface area contributed by atoms with E-state index in [0.717, 1.165) is 26.6 Å². The number of nitrogens with zero attached hydrogens (tertiary/aromatic N) is 2. The Morgan fingerprint density at radius 2 is 2.12 bits per heavy atom. The van der Waals surface area contributed by atoms with Gasteiger partial charge in [0.2, 0.25) is 0 Å². The number of halogens is 1. The zero-order valence-electron chi connectivity index (χ0n) is 9.48. The fourth-order valence-electron chi connectivity index (χ4n) is 1.46. The molecular formula is C12H11BrN2OS. The monoisotopic (exact) mass is 310 g/mol. The van der Waals surface area contributed by atoms with Crippen LogP contribution in [0.4, 0.5) is 0 Å². The molecule has 2 aromatic rings. The number of ether oxygens (including phenoxy) is 1. The van der Waals surface area contributed by atoms with Crippen LogP contribution >= 0.6 is 27.7 Å². The van der Waals surface area contributed by atoms with Gasteiger partial charge in [0.05, 0.1) is 23.4 Å². The minimum atomic E-state index is 0.782. The van der Waals surface area contributed by atoms with Gasteiger partial charge in [-0.25, -0.2) is 4.98 Å². The molecule has 2 aromatic heterocycles. The average Bonchev–Trinajstić information content (AvgIpc) is 2.38. The van der Waals surface area contributed by atoms with Gasteiger partial charge in [0.15, 0.2) is 0 Å². The number of aromatic nitrogens is 2. The molecule has 0 bridgehead atoms. The van der Waals surface area contributed by atoms with E-state index in [1.165, 1.54) is 0 Å². The van der Waals surface area contributed by atoms with Crippen LogP contribution in [0, 0.1) is 0 Å². The average molecular weight is 311 g/mol. The number of pyridine rings is 2. The topological polar surface area (TPSA) is 35.0 Å². The lowest BCUT2D eigenvalue weighted by atomic mass is 10.2. The smallest absolute Gasteiger partial charge is 0.137 e. The van der Waals surface area contributed by atoms with Crippen molar-refractivity contribution in [2.24, 2.45) is 0 Å². The van der Waals surface area contributed by atoms with Crippen molar-refractivity contribution in [2.45, 2.75) is 4.90 Å². The van der Waals surface area contributed by atoms with Crippen molar-refractivity contribution in [3.63, 3.8) is 0 Å². The van der Waals surface area contributed by atoms with Crippen molar-refractivity contribution < 1.29 is 4.74 Å². The van der Waals surface area contributed by atoms with Crippen LogP contribution in [0.3, 0.4) is 0 Å². The standard InChI is InChI=1S/C12H11BrN2OS/c1-16-10-7-9(8-5-3-4-6-14-8)15-12(13)11(10)17-2/h3-7H,1-2H3. The van der Waals surface area contributed by atoms with Crippen molar-refractivity contribution in [1.82, 2.24) is 9.97 Å². The van der Waals surface area contributed by atoms with Crippen LogP contribution in [0.1, 0.15) is 0 Å². The molecule has 0 saturated carbocycles. The molecule has 0 fully saturated rings. The van der Waals surface area contributed by atoms with Crippen LogP contribution in [-0.4, -0.2) is 23.3 Å². The highest BCUT2D eigenvalue weighted by Crippen LogP contribution is 2.36. The van der Waals surface area contributed by atoms with Gasteiger partial charge in [0.25, 0.3) is 0 Å². The maximum atomic E-state index is 5.36. The third-order valence-corrected chi connectivity index (χ3v) is 3.89. The van der Waals surface area contributed by atoms with Crippen LogP contribution in [-0.2, 0) is 0 Å². The van der Waals surface area contributed by atoms with Gasteiger partial charge in [-0.15, -0.1) is 11.8 Å². The molecule has 0 unspecified atom stereocenters. The van der Waals surface area contributed by atoms with Gasteiger partial charge in [-0.3, -0.25) is 4.98 Å². The van der Waals surface area contributed by atoms with Gasteiger partial charge in [0.1, 0.15) is 10.4 Å². The fourth-order valence-corrected chi connectivity index (χ4v) is 2.89. The molecule has 0 radical (unpaired) electrons. The molecule has 3 nitrogen and oxygen atoms in total. The molecule has 0 aliphatic rings. The van der Waals surface area contributed by atoms with Crippen molar-refractivity contribution in [1.29, 1.82) is 0 Å². The van der Waals surface area contributed by atoms with Crippen LogP contribution in [0.2, 0.25) is 0 Å². The Labute approximate surface area is 113 Å². The van der Waals surface area contributed by atoms with E-state index in [4.69, 9.17) is 4.74 Å². The number of rotatable bonds is 3. The van der Waals surface area contributed by atoms with Crippen LogP contribution in [0.15, 0.2) is 40.0 Å². The third kappa shape index (κ3) is 2.61. The van der Waals surface area contributed by atoms with E-state index >= 15 is 0 Å². The molecule has 0 aliphatic carbocycles. The zero-order chi connectivity index (χ0) is 12.3. The second-order valence-electron chi connectivity index (χ2n) is 3.25. The maximum absolute atomic E-state index is 5.36. The molecule has 17 heavy (non-hydrogen) atoms. The molecule has 2 heterocycles. The molecule has 2 rings (SSSR count). The highest BCUT2D eigenvalue weighted by atomic mass is 79.9. The Hall–Kier alpha value is -1.07. The second kappa shape index (κ2) is 5.51. The van der Waals surface area contributed by atoms with E-state index in [9.17, 15) is 0 Å². The van der Waals surface area contributed by atoms with E-state index in [1.54, 1.807) is 25.1 Å². The summed E-state index contributed by atoms with van der Waals surface area (Å²) in [5, 5.41) is 0. The summed E-state index contributed by atoms with van der Waals surface area (Å²) < 4.78 is 6.14. The van der Waals surface area contributed by atoms with Crippen molar-refractivity contribution in [3.05, 3.63) is 35.1 Å². The Kier molecular flexibility index (Phi) is 4.02. The summed E-state index contributed by atoms with van der Waals surface area (Å²) in [6.45, 7) is 0. The molecule has 0 aliphatic heterocycles. The van der Waals surface area contributed by atoms with E-state index in [-0.39, 0.29) is 0 Å². The summed E-state index contributed by atoms with van der Waals surface area (Å²) in [4.78, 5) is 9.74. The summed E-state index contributed by atoms with van der Waals surface area (Å²) in [6.07, 6.45) is 3.74. The summed E-state index contributed by atoms with van der Waals surface area (Å²) in [5.74, 6) is 0.806. The summed E-state index contributed by atoms with van der Waals surface area (Å²) in [6, 6.07) is 7.64. The van der Waals surface area contributed by atoms with E-state index in [1.807, 2.05) is 30.5 Å². The van der Waals surface area contributed by atoms with Crippen molar-refractivity contribution >= 4 is 27.7 Å². The lowest BCUT2D eigenvalue weighted by Crippen LogP contribution is -1.94. The largest absolute Gasteiger partial charge is 0.495 e. The van der Waals surface area contributed by atoms with E-state index < -0.39 is 0 Å². The number of methoxy groups -OCH3 is 1. The molecule has 0 spiro atoms. The molecule has 0 N–H and O–H groups in total. The van der Waals surface area contributed by atoms with Gasteiger partial charge in [0, 0.05) is 12.3 Å². The van der Waals surface area contributed by atoms with Gasteiger partial charge >= 0.3 is 0 Å². The summed E-state index contributed by atoms with van der Waals surface area (Å²) in [7, 11) is 1.66. The number of hydrogen-bond acceptors (Lipinski definition) is 4.